The van der Waals surface area contributed by atoms with Crippen LogP contribution >= 0.6 is 0 Å². The summed E-state index contributed by atoms with van der Waals surface area (Å²) in [7, 11) is 0. The van der Waals surface area contributed by atoms with E-state index in [0.717, 1.165) is 6.42 Å². The predicted molar refractivity (Wildman–Crippen MR) is 74.7 cm³/mol. The van der Waals surface area contributed by atoms with Crippen LogP contribution in [0.25, 0.3) is 0 Å². The predicted octanol–water partition coefficient (Wildman–Crippen LogP) is 2.82. The Hall–Kier alpha value is -1.65. The maximum Gasteiger partial charge on any atom is 0.254 e. The van der Waals surface area contributed by atoms with Crippen LogP contribution in [0.5, 0.6) is 0 Å². The first kappa shape index (κ1) is 15.4. The van der Waals surface area contributed by atoms with Gasteiger partial charge in [-0.05, 0) is 32.3 Å². The van der Waals surface area contributed by atoms with Gasteiger partial charge in [-0.15, -0.1) is 0 Å². The maximum atomic E-state index is 14.0. The first-order valence-electron chi connectivity index (χ1n) is 6.64. The van der Waals surface area contributed by atoms with Crippen molar-refractivity contribution < 1.29 is 9.18 Å². The lowest BCUT2D eigenvalue weighted by Crippen LogP contribution is -2.34. The van der Waals surface area contributed by atoms with E-state index >= 15 is 0 Å². The normalized spacial score (nSPS) is 12.3. The molecule has 1 rings (SSSR count). The first-order valence-corrected chi connectivity index (χ1v) is 6.64. The number of halogens is 1. The van der Waals surface area contributed by atoms with Gasteiger partial charge in [-0.2, -0.15) is 0 Å². The minimum atomic E-state index is -0.599. The third-order valence-electron chi connectivity index (χ3n) is 2.68. The second-order valence-electron chi connectivity index (χ2n) is 5.06. The topological polar surface area (TPSA) is 54.0 Å². The average Bonchev–Trinajstić information content (AvgIpc) is 2.30. The van der Waals surface area contributed by atoms with Crippen molar-refractivity contribution in [3.63, 3.8) is 0 Å². The Morgan fingerprint density at radius 2 is 2.11 bits per heavy atom. The Labute approximate surface area is 113 Å². The second kappa shape index (κ2) is 7.07. The number of carbonyl (C=O) groups excluding carboxylic acids is 1. The molecule has 1 aromatic heterocycles. The van der Waals surface area contributed by atoms with Crippen molar-refractivity contribution in [1.82, 2.24) is 10.3 Å². The van der Waals surface area contributed by atoms with Gasteiger partial charge in [-0.3, -0.25) is 4.79 Å². The molecule has 1 atom stereocenters. The molecular formula is C14H22FN3O. The molecule has 19 heavy (non-hydrogen) atoms. The van der Waals surface area contributed by atoms with Crippen molar-refractivity contribution in [1.29, 1.82) is 0 Å². The van der Waals surface area contributed by atoms with Crippen molar-refractivity contribution in [2.45, 2.75) is 40.2 Å². The molecule has 0 aliphatic rings. The molecule has 0 aliphatic carbocycles. The van der Waals surface area contributed by atoms with Gasteiger partial charge in [-0.25, -0.2) is 9.37 Å². The third kappa shape index (κ3) is 4.50. The molecule has 1 unspecified atom stereocenters. The Balaban J connectivity index is 2.79. The maximum absolute atomic E-state index is 14.0. The summed E-state index contributed by atoms with van der Waals surface area (Å²) < 4.78 is 14.0. The van der Waals surface area contributed by atoms with E-state index in [2.05, 4.69) is 29.5 Å². The number of pyridine rings is 1. The summed E-state index contributed by atoms with van der Waals surface area (Å²) in [6.07, 6.45) is 2.29. The number of rotatable bonds is 6. The first-order chi connectivity index (χ1) is 8.95. The summed E-state index contributed by atoms with van der Waals surface area (Å²) in [5.41, 5.74) is 0.0292. The van der Waals surface area contributed by atoms with Crippen LogP contribution in [0.3, 0.4) is 0 Å². The molecule has 0 aromatic carbocycles. The van der Waals surface area contributed by atoms with Crippen molar-refractivity contribution in [3.05, 3.63) is 23.6 Å². The third-order valence-corrected chi connectivity index (χ3v) is 2.68. The lowest BCUT2D eigenvalue weighted by atomic mass is 10.0. The van der Waals surface area contributed by atoms with Crippen LogP contribution in [-0.2, 0) is 0 Å². The molecule has 1 amide bonds. The highest BCUT2D eigenvalue weighted by atomic mass is 19.1. The van der Waals surface area contributed by atoms with Gasteiger partial charge in [-0.1, -0.05) is 13.8 Å². The molecule has 0 fully saturated rings. The Morgan fingerprint density at radius 3 is 2.68 bits per heavy atom. The minimum Gasteiger partial charge on any atom is -0.368 e. The number of carbonyl (C=O) groups is 1. The zero-order valence-corrected chi connectivity index (χ0v) is 12.0. The van der Waals surface area contributed by atoms with Crippen LogP contribution in [0.4, 0.5) is 10.2 Å². The fraction of sp³-hybridized carbons (Fsp3) is 0.571. The van der Waals surface area contributed by atoms with Crippen molar-refractivity contribution in [2.75, 3.05) is 11.9 Å². The number of amides is 1. The molecule has 1 aromatic rings. The monoisotopic (exact) mass is 267 g/mol. The van der Waals surface area contributed by atoms with E-state index in [0.29, 0.717) is 12.5 Å². The van der Waals surface area contributed by atoms with Crippen molar-refractivity contribution >= 4 is 11.7 Å². The number of anilines is 1. The van der Waals surface area contributed by atoms with Gasteiger partial charge >= 0.3 is 0 Å². The van der Waals surface area contributed by atoms with E-state index < -0.39 is 11.7 Å². The van der Waals surface area contributed by atoms with Gasteiger partial charge < -0.3 is 10.6 Å². The van der Waals surface area contributed by atoms with Gasteiger partial charge in [0.25, 0.3) is 5.91 Å². The number of aromatic nitrogens is 1. The lowest BCUT2D eigenvalue weighted by molar-refractivity contribution is 0.0932. The highest BCUT2D eigenvalue weighted by Gasteiger charge is 2.17. The van der Waals surface area contributed by atoms with E-state index in [4.69, 9.17) is 0 Å². The standard InChI is InChI=1S/C14H22FN3O/c1-5-16-13-12(15)11(6-7-17-13)14(19)18-10(4)8-9(2)3/h6-7,9-10H,5,8H2,1-4H3,(H,16,17)(H,18,19). The van der Waals surface area contributed by atoms with Crippen LogP contribution in [0, 0.1) is 11.7 Å². The summed E-state index contributed by atoms with van der Waals surface area (Å²) >= 11 is 0. The van der Waals surface area contributed by atoms with Gasteiger partial charge in [0.1, 0.15) is 0 Å². The number of nitrogens with zero attached hydrogens (tertiary/aromatic N) is 1. The summed E-state index contributed by atoms with van der Waals surface area (Å²) in [6.45, 7) is 8.48. The van der Waals surface area contributed by atoms with E-state index in [9.17, 15) is 9.18 Å². The molecule has 4 nitrogen and oxygen atoms in total. The number of nitrogens with one attached hydrogen (secondary N) is 2. The van der Waals surface area contributed by atoms with E-state index in [1.807, 2.05) is 13.8 Å². The zero-order valence-electron chi connectivity index (χ0n) is 12.0. The largest absolute Gasteiger partial charge is 0.368 e. The average molecular weight is 267 g/mol. The Kier molecular flexibility index (Phi) is 5.73. The summed E-state index contributed by atoms with van der Waals surface area (Å²) in [5.74, 6) is -0.396. The summed E-state index contributed by atoms with van der Waals surface area (Å²) in [4.78, 5) is 15.9. The fourth-order valence-corrected chi connectivity index (χ4v) is 1.98. The molecule has 5 heteroatoms. The van der Waals surface area contributed by atoms with Crippen LogP contribution < -0.4 is 10.6 Å². The van der Waals surface area contributed by atoms with Gasteiger partial charge in [0.2, 0.25) is 0 Å². The molecule has 0 saturated carbocycles. The SMILES string of the molecule is CCNc1nccc(C(=O)NC(C)CC(C)C)c1F. The molecule has 0 radical (unpaired) electrons. The smallest absolute Gasteiger partial charge is 0.254 e. The number of hydrogen-bond donors (Lipinski definition) is 2. The van der Waals surface area contributed by atoms with Crippen LogP contribution in [0.2, 0.25) is 0 Å². The van der Waals surface area contributed by atoms with Crippen LogP contribution in [0.1, 0.15) is 44.5 Å². The van der Waals surface area contributed by atoms with Crippen molar-refractivity contribution in [2.24, 2.45) is 5.92 Å². The number of hydrogen-bond acceptors (Lipinski definition) is 3. The van der Waals surface area contributed by atoms with Gasteiger partial charge in [0.05, 0.1) is 5.56 Å². The van der Waals surface area contributed by atoms with Crippen LogP contribution in [-0.4, -0.2) is 23.5 Å². The summed E-state index contributed by atoms with van der Waals surface area (Å²) in [6, 6.07) is 1.41. The molecule has 0 spiro atoms. The highest BCUT2D eigenvalue weighted by Crippen LogP contribution is 2.15. The molecule has 0 saturated heterocycles. The Morgan fingerprint density at radius 1 is 1.42 bits per heavy atom. The zero-order chi connectivity index (χ0) is 14.4. The van der Waals surface area contributed by atoms with Gasteiger partial charge in [0.15, 0.2) is 11.6 Å². The second-order valence-corrected chi connectivity index (χ2v) is 5.06. The molecule has 0 aliphatic heterocycles. The van der Waals surface area contributed by atoms with E-state index in [-0.39, 0.29) is 17.4 Å². The van der Waals surface area contributed by atoms with Gasteiger partial charge in [0, 0.05) is 18.8 Å². The quantitative estimate of drug-likeness (QED) is 0.833. The van der Waals surface area contributed by atoms with Crippen LogP contribution in [0.15, 0.2) is 12.3 Å². The lowest BCUT2D eigenvalue weighted by Gasteiger charge is -2.16. The van der Waals surface area contributed by atoms with Crippen molar-refractivity contribution in [3.8, 4) is 0 Å². The highest BCUT2D eigenvalue weighted by molar-refractivity contribution is 5.95. The van der Waals surface area contributed by atoms with E-state index in [1.54, 1.807) is 0 Å². The molecule has 0 bridgehead atoms. The summed E-state index contributed by atoms with van der Waals surface area (Å²) in [5, 5.41) is 5.59. The molecule has 106 valence electrons. The molecule has 1 heterocycles. The minimum absolute atomic E-state index is 0.0163. The molecular weight excluding hydrogens is 245 g/mol. The van der Waals surface area contributed by atoms with E-state index in [1.165, 1.54) is 12.3 Å². The fourth-order valence-electron chi connectivity index (χ4n) is 1.98. The molecule has 2 N–H and O–H groups in total. The Bertz CT molecular complexity index is 435.